The van der Waals surface area contributed by atoms with E-state index >= 15 is 0 Å². The quantitative estimate of drug-likeness (QED) is 0.641. The van der Waals surface area contributed by atoms with Crippen molar-refractivity contribution >= 4 is 0 Å². The van der Waals surface area contributed by atoms with Gasteiger partial charge in [-0.05, 0) is 42.2 Å². The summed E-state index contributed by atoms with van der Waals surface area (Å²) in [6, 6.07) is 8.78. The Morgan fingerprint density at radius 1 is 1.15 bits per heavy atom. The standard InChI is InChI=1S/C13H17/c1-3-13(4-2)9-11-7-5-6-8-12(11)10-13/h5-9H,3-4,10H2,1-2H3. The van der Waals surface area contributed by atoms with E-state index in [1.54, 1.807) is 0 Å². The third kappa shape index (κ3) is 1.39. The van der Waals surface area contributed by atoms with Crippen molar-refractivity contribution in [1.82, 2.24) is 0 Å². The summed E-state index contributed by atoms with van der Waals surface area (Å²) in [7, 11) is 0. The zero-order valence-electron chi connectivity index (χ0n) is 8.51. The second kappa shape index (κ2) is 3.17. The first kappa shape index (κ1) is 8.80. The summed E-state index contributed by atoms with van der Waals surface area (Å²) < 4.78 is 0. The molecule has 0 nitrogen and oxygen atoms in total. The van der Waals surface area contributed by atoms with Crippen LogP contribution in [0.1, 0.15) is 37.8 Å². The molecule has 0 atom stereocenters. The Morgan fingerprint density at radius 3 is 2.46 bits per heavy atom. The normalized spacial score (nSPS) is 18.6. The number of rotatable bonds is 2. The summed E-state index contributed by atoms with van der Waals surface area (Å²) in [5.74, 6) is 0. The second-order valence-electron chi connectivity index (χ2n) is 4.09. The van der Waals surface area contributed by atoms with E-state index in [1.807, 2.05) is 0 Å². The van der Waals surface area contributed by atoms with Crippen molar-refractivity contribution in [3.63, 3.8) is 0 Å². The van der Waals surface area contributed by atoms with Crippen LogP contribution in [0.5, 0.6) is 0 Å². The van der Waals surface area contributed by atoms with Gasteiger partial charge in [0.25, 0.3) is 0 Å². The van der Waals surface area contributed by atoms with Gasteiger partial charge < -0.3 is 0 Å². The van der Waals surface area contributed by atoms with Crippen LogP contribution in [-0.2, 0) is 6.42 Å². The van der Waals surface area contributed by atoms with Gasteiger partial charge in [0.05, 0.1) is 0 Å². The first-order chi connectivity index (χ1) is 6.29. The highest BCUT2D eigenvalue weighted by Crippen LogP contribution is 2.43. The van der Waals surface area contributed by atoms with Crippen molar-refractivity contribution in [2.24, 2.45) is 5.41 Å². The fraction of sp³-hybridized carbons (Fsp3) is 0.462. The van der Waals surface area contributed by atoms with Gasteiger partial charge in [0.15, 0.2) is 0 Å². The molecule has 0 N–H and O–H groups in total. The predicted molar refractivity (Wildman–Crippen MR) is 56.6 cm³/mol. The molecular formula is C13H17. The molecule has 0 amide bonds. The van der Waals surface area contributed by atoms with Crippen LogP contribution in [0, 0.1) is 11.8 Å². The average Bonchev–Trinajstić information content (AvgIpc) is 2.57. The minimum Gasteiger partial charge on any atom is -0.0648 e. The molecule has 0 fully saturated rings. The first-order valence-electron chi connectivity index (χ1n) is 5.23. The fourth-order valence-electron chi connectivity index (χ4n) is 2.30. The zero-order chi connectivity index (χ0) is 9.31. The molecule has 69 valence electrons. The van der Waals surface area contributed by atoms with Crippen molar-refractivity contribution < 1.29 is 0 Å². The lowest BCUT2D eigenvalue weighted by atomic mass is 9.80. The van der Waals surface area contributed by atoms with Crippen LogP contribution in [0.2, 0.25) is 0 Å². The van der Waals surface area contributed by atoms with Crippen molar-refractivity contribution in [3.05, 3.63) is 41.8 Å². The number of benzene rings is 1. The molecule has 1 radical (unpaired) electrons. The molecule has 0 unspecified atom stereocenters. The van der Waals surface area contributed by atoms with Gasteiger partial charge in [-0.3, -0.25) is 0 Å². The van der Waals surface area contributed by atoms with Gasteiger partial charge in [-0.25, -0.2) is 0 Å². The lowest BCUT2D eigenvalue weighted by Gasteiger charge is -2.24. The SMILES string of the molecule is CCC1(CC)[CH]c2ccccc2C1. The van der Waals surface area contributed by atoms with Gasteiger partial charge in [-0.15, -0.1) is 0 Å². The maximum atomic E-state index is 2.47. The molecule has 0 heterocycles. The fourth-order valence-corrected chi connectivity index (χ4v) is 2.30. The molecule has 0 spiro atoms. The predicted octanol–water partition coefficient (Wildman–Crippen LogP) is 3.60. The van der Waals surface area contributed by atoms with Crippen LogP contribution in [0.3, 0.4) is 0 Å². The lowest BCUT2D eigenvalue weighted by molar-refractivity contribution is 0.343. The molecule has 0 aliphatic heterocycles. The summed E-state index contributed by atoms with van der Waals surface area (Å²) in [4.78, 5) is 0. The van der Waals surface area contributed by atoms with E-state index in [0.29, 0.717) is 5.41 Å². The molecule has 1 aromatic carbocycles. The van der Waals surface area contributed by atoms with Crippen molar-refractivity contribution in [3.8, 4) is 0 Å². The Labute approximate surface area is 81.0 Å². The van der Waals surface area contributed by atoms with Crippen molar-refractivity contribution in [2.75, 3.05) is 0 Å². The van der Waals surface area contributed by atoms with E-state index < -0.39 is 0 Å². The molecule has 0 heteroatoms. The lowest BCUT2D eigenvalue weighted by Crippen LogP contribution is -2.16. The van der Waals surface area contributed by atoms with Crippen LogP contribution in [0.4, 0.5) is 0 Å². The number of hydrogen-bond donors (Lipinski definition) is 0. The zero-order valence-corrected chi connectivity index (χ0v) is 8.51. The topological polar surface area (TPSA) is 0 Å². The molecular weight excluding hydrogens is 156 g/mol. The van der Waals surface area contributed by atoms with E-state index in [4.69, 9.17) is 0 Å². The molecule has 13 heavy (non-hydrogen) atoms. The second-order valence-corrected chi connectivity index (χ2v) is 4.09. The molecule has 0 bridgehead atoms. The molecule has 2 rings (SSSR count). The van der Waals surface area contributed by atoms with Crippen molar-refractivity contribution in [2.45, 2.75) is 33.1 Å². The minimum atomic E-state index is 0.462. The van der Waals surface area contributed by atoms with Crippen molar-refractivity contribution in [1.29, 1.82) is 0 Å². The van der Waals surface area contributed by atoms with E-state index in [0.717, 1.165) is 0 Å². The Balaban J connectivity index is 2.30. The van der Waals surface area contributed by atoms with Gasteiger partial charge in [0.1, 0.15) is 0 Å². The summed E-state index contributed by atoms with van der Waals surface area (Å²) >= 11 is 0. The molecule has 0 aromatic heterocycles. The minimum absolute atomic E-state index is 0.462. The largest absolute Gasteiger partial charge is 0.0648 e. The molecule has 0 saturated heterocycles. The van der Waals surface area contributed by atoms with Gasteiger partial charge in [-0.1, -0.05) is 38.1 Å². The summed E-state index contributed by atoms with van der Waals surface area (Å²) in [5.41, 5.74) is 3.46. The highest BCUT2D eigenvalue weighted by Gasteiger charge is 2.33. The number of hydrogen-bond acceptors (Lipinski definition) is 0. The third-order valence-corrected chi connectivity index (χ3v) is 3.47. The summed E-state index contributed by atoms with van der Waals surface area (Å²) in [6.45, 7) is 4.60. The molecule has 1 aromatic rings. The Bertz CT molecular complexity index is 268. The monoisotopic (exact) mass is 173 g/mol. The molecule has 0 saturated carbocycles. The van der Waals surface area contributed by atoms with E-state index in [-0.39, 0.29) is 0 Å². The Morgan fingerprint density at radius 2 is 1.85 bits per heavy atom. The van der Waals surface area contributed by atoms with Crippen LogP contribution in [0.25, 0.3) is 0 Å². The van der Waals surface area contributed by atoms with Gasteiger partial charge in [-0.2, -0.15) is 0 Å². The van der Waals surface area contributed by atoms with Gasteiger partial charge in [0, 0.05) is 0 Å². The van der Waals surface area contributed by atoms with Crippen LogP contribution in [0.15, 0.2) is 24.3 Å². The third-order valence-electron chi connectivity index (χ3n) is 3.47. The highest BCUT2D eigenvalue weighted by molar-refractivity contribution is 5.41. The highest BCUT2D eigenvalue weighted by atomic mass is 14.4. The van der Waals surface area contributed by atoms with Crippen LogP contribution >= 0.6 is 0 Å². The van der Waals surface area contributed by atoms with Crippen LogP contribution in [-0.4, -0.2) is 0 Å². The maximum Gasteiger partial charge on any atom is -0.00252 e. The Hall–Kier alpha value is -0.780. The molecule has 1 aliphatic rings. The number of fused-ring (bicyclic) bond motifs is 1. The molecule has 1 aliphatic carbocycles. The van der Waals surface area contributed by atoms with E-state index in [2.05, 4.69) is 44.5 Å². The smallest absolute Gasteiger partial charge is 0.00252 e. The van der Waals surface area contributed by atoms with Crippen LogP contribution < -0.4 is 0 Å². The average molecular weight is 173 g/mol. The maximum absolute atomic E-state index is 2.47. The van der Waals surface area contributed by atoms with Gasteiger partial charge >= 0.3 is 0 Å². The van der Waals surface area contributed by atoms with E-state index in [1.165, 1.54) is 30.4 Å². The first-order valence-corrected chi connectivity index (χ1v) is 5.23. The Kier molecular flexibility index (Phi) is 2.15. The van der Waals surface area contributed by atoms with Gasteiger partial charge in [0.2, 0.25) is 0 Å². The van der Waals surface area contributed by atoms with E-state index in [9.17, 15) is 0 Å². The summed E-state index contributed by atoms with van der Waals surface area (Å²) in [5, 5.41) is 0. The summed E-state index contributed by atoms with van der Waals surface area (Å²) in [6.07, 6.45) is 6.24.